The van der Waals surface area contributed by atoms with Crippen LogP contribution in [0.25, 0.3) is 0 Å². The van der Waals surface area contributed by atoms with Crippen LogP contribution in [0.3, 0.4) is 0 Å². The molecular weight excluding hydrogens is 317 g/mol. The maximum absolute atomic E-state index is 13.5. The first kappa shape index (κ1) is 15.4. The second kappa shape index (κ2) is 7.08. The molecule has 0 aliphatic heterocycles. The van der Waals surface area contributed by atoms with Crippen LogP contribution >= 0.6 is 15.9 Å². The van der Waals surface area contributed by atoms with E-state index in [0.29, 0.717) is 17.3 Å². The van der Waals surface area contributed by atoms with Gasteiger partial charge >= 0.3 is 6.03 Å². The predicted molar refractivity (Wildman–Crippen MR) is 74.1 cm³/mol. The zero-order chi connectivity index (χ0) is 14.4. The average Bonchev–Trinajstić information content (AvgIpc) is 2.32. The zero-order valence-electron chi connectivity index (χ0n) is 10.4. The minimum absolute atomic E-state index is 0.0282. The Morgan fingerprint density at radius 3 is 2.68 bits per heavy atom. The first-order valence-electron chi connectivity index (χ1n) is 5.76. The van der Waals surface area contributed by atoms with Gasteiger partial charge in [0.15, 0.2) is 0 Å². The molecule has 104 valence electrons. The van der Waals surface area contributed by atoms with Crippen molar-refractivity contribution in [3.63, 3.8) is 0 Å². The number of nitrogens with one attached hydrogen (secondary N) is 2. The number of carbonyl (C=O) groups is 2. The number of hydrogen-bond donors (Lipinski definition) is 3. The van der Waals surface area contributed by atoms with Gasteiger partial charge in [0, 0.05) is 4.47 Å². The quantitative estimate of drug-likeness (QED) is 0.773. The van der Waals surface area contributed by atoms with Crippen molar-refractivity contribution in [3.05, 3.63) is 28.5 Å². The first-order valence-corrected chi connectivity index (χ1v) is 6.55. The summed E-state index contributed by atoms with van der Waals surface area (Å²) < 4.78 is 14.1. The van der Waals surface area contributed by atoms with Crippen LogP contribution in [-0.2, 0) is 4.79 Å². The maximum Gasteiger partial charge on any atom is 0.319 e. The first-order chi connectivity index (χ1) is 8.93. The number of anilines is 1. The number of urea groups is 1. The topological polar surface area (TPSA) is 84.2 Å². The highest BCUT2D eigenvalue weighted by molar-refractivity contribution is 9.10. The molecule has 0 heterocycles. The van der Waals surface area contributed by atoms with Crippen molar-refractivity contribution in [3.8, 4) is 0 Å². The third kappa shape index (κ3) is 4.86. The van der Waals surface area contributed by atoms with Gasteiger partial charge in [-0.2, -0.15) is 0 Å². The highest BCUT2D eigenvalue weighted by Gasteiger charge is 2.17. The fourth-order valence-electron chi connectivity index (χ4n) is 1.48. The lowest BCUT2D eigenvalue weighted by Crippen LogP contribution is -2.46. The molecule has 1 aromatic carbocycles. The Bertz CT molecular complexity index is 482. The van der Waals surface area contributed by atoms with Gasteiger partial charge in [0.2, 0.25) is 5.91 Å². The largest absolute Gasteiger partial charge is 0.368 e. The van der Waals surface area contributed by atoms with Crippen molar-refractivity contribution in [2.24, 2.45) is 5.73 Å². The third-order valence-corrected chi connectivity index (χ3v) is 2.90. The third-order valence-electron chi connectivity index (χ3n) is 2.41. The normalized spacial score (nSPS) is 11.7. The van der Waals surface area contributed by atoms with Crippen LogP contribution in [0.4, 0.5) is 14.9 Å². The molecule has 0 aliphatic rings. The van der Waals surface area contributed by atoms with Gasteiger partial charge in [-0.3, -0.25) is 4.79 Å². The van der Waals surface area contributed by atoms with Gasteiger partial charge in [-0.05, 0) is 24.6 Å². The minimum atomic E-state index is -0.761. The van der Waals surface area contributed by atoms with Gasteiger partial charge in [0.05, 0.1) is 5.69 Å². The molecular formula is C12H15BrFN3O2. The second-order valence-electron chi connectivity index (χ2n) is 3.97. The molecule has 3 amide bonds. The van der Waals surface area contributed by atoms with Gasteiger partial charge in [-0.25, -0.2) is 9.18 Å². The summed E-state index contributed by atoms with van der Waals surface area (Å²) in [4.78, 5) is 22.7. The van der Waals surface area contributed by atoms with Crippen LogP contribution < -0.4 is 16.4 Å². The summed E-state index contributed by atoms with van der Waals surface area (Å²) in [6, 6.07) is 2.81. The SMILES string of the molecule is CCCC(NC(=O)Nc1ccc(Br)cc1F)C(N)=O. The molecule has 0 aromatic heterocycles. The van der Waals surface area contributed by atoms with Crippen LogP contribution in [0.5, 0.6) is 0 Å². The monoisotopic (exact) mass is 331 g/mol. The minimum Gasteiger partial charge on any atom is -0.368 e. The van der Waals surface area contributed by atoms with Gasteiger partial charge in [0.25, 0.3) is 0 Å². The number of nitrogens with two attached hydrogens (primary N) is 1. The lowest BCUT2D eigenvalue weighted by atomic mass is 10.1. The number of halogens is 2. The van der Waals surface area contributed by atoms with Crippen LogP contribution in [0.15, 0.2) is 22.7 Å². The van der Waals surface area contributed by atoms with Crippen molar-refractivity contribution in [2.45, 2.75) is 25.8 Å². The fraction of sp³-hybridized carbons (Fsp3) is 0.333. The molecule has 5 nitrogen and oxygen atoms in total. The molecule has 1 unspecified atom stereocenters. The van der Waals surface area contributed by atoms with E-state index < -0.39 is 23.8 Å². The van der Waals surface area contributed by atoms with E-state index in [0.717, 1.165) is 0 Å². The molecule has 19 heavy (non-hydrogen) atoms. The number of amides is 3. The molecule has 1 aromatic rings. The van der Waals surface area contributed by atoms with E-state index in [-0.39, 0.29) is 5.69 Å². The van der Waals surface area contributed by atoms with E-state index in [1.165, 1.54) is 12.1 Å². The lowest BCUT2D eigenvalue weighted by Gasteiger charge is -2.15. The van der Waals surface area contributed by atoms with Crippen molar-refractivity contribution < 1.29 is 14.0 Å². The molecule has 0 radical (unpaired) electrons. The van der Waals surface area contributed by atoms with Gasteiger partial charge in [-0.1, -0.05) is 29.3 Å². The Morgan fingerprint density at radius 2 is 2.16 bits per heavy atom. The van der Waals surface area contributed by atoms with E-state index in [2.05, 4.69) is 26.6 Å². The molecule has 0 saturated carbocycles. The van der Waals surface area contributed by atoms with Crippen LogP contribution in [0.1, 0.15) is 19.8 Å². The highest BCUT2D eigenvalue weighted by atomic mass is 79.9. The summed E-state index contributed by atoms with van der Waals surface area (Å²) in [5.74, 6) is -1.19. The number of carbonyl (C=O) groups excluding carboxylic acids is 2. The summed E-state index contributed by atoms with van der Waals surface area (Å²) >= 11 is 3.11. The summed E-state index contributed by atoms with van der Waals surface area (Å²) in [5.41, 5.74) is 5.18. The summed E-state index contributed by atoms with van der Waals surface area (Å²) in [5, 5.41) is 4.73. The van der Waals surface area contributed by atoms with Gasteiger partial charge < -0.3 is 16.4 Å². The molecule has 1 rings (SSSR count). The maximum atomic E-state index is 13.5. The zero-order valence-corrected chi connectivity index (χ0v) is 12.0. The standard InChI is InChI=1S/C12H15BrFN3O2/c1-2-3-10(11(15)18)17-12(19)16-9-5-4-7(13)6-8(9)14/h4-6,10H,2-3H2,1H3,(H2,15,18)(H2,16,17,19). The molecule has 0 spiro atoms. The van der Waals surface area contributed by atoms with Crippen molar-refractivity contribution >= 4 is 33.6 Å². The fourth-order valence-corrected chi connectivity index (χ4v) is 1.81. The van der Waals surface area contributed by atoms with E-state index in [1.807, 2.05) is 6.92 Å². The van der Waals surface area contributed by atoms with Gasteiger partial charge in [0.1, 0.15) is 11.9 Å². The summed E-state index contributed by atoms with van der Waals surface area (Å²) in [6.07, 6.45) is 1.13. The Kier molecular flexibility index (Phi) is 5.75. The smallest absolute Gasteiger partial charge is 0.319 e. The summed E-state index contributed by atoms with van der Waals surface area (Å²) in [6.45, 7) is 1.86. The summed E-state index contributed by atoms with van der Waals surface area (Å²) in [7, 11) is 0. The van der Waals surface area contributed by atoms with E-state index >= 15 is 0 Å². The Hall–Kier alpha value is -1.63. The number of primary amides is 1. The molecule has 0 fully saturated rings. The van der Waals surface area contributed by atoms with Crippen molar-refractivity contribution in [2.75, 3.05) is 5.32 Å². The van der Waals surface area contributed by atoms with Crippen LogP contribution in [0, 0.1) is 5.82 Å². The predicted octanol–water partition coefficient (Wildman–Crippen LogP) is 2.36. The molecule has 0 saturated heterocycles. The lowest BCUT2D eigenvalue weighted by molar-refractivity contribution is -0.119. The molecule has 0 bridgehead atoms. The number of rotatable bonds is 5. The molecule has 1 atom stereocenters. The average molecular weight is 332 g/mol. The van der Waals surface area contributed by atoms with E-state index in [4.69, 9.17) is 5.73 Å². The molecule has 4 N–H and O–H groups in total. The van der Waals surface area contributed by atoms with E-state index in [9.17, 15) is 14.0 Å². The highest BCUT2D eigenvalue weighted by Crippen LogP contribution is 2.19. The van der Waals surface area contributed by atoms with E-state index in [1.54, 1.807) is 6.07 Å². The number of hydrogen-bond acceptors (Lipinski definition) is 2. The Labute approximate surface area is 118 Å². The Balaban J connectivity index is 2.66. The van der Waals surface area contributed by atoms with Crippen molar-refractivity contribution in [1.29, 1.82) is 0 Å². The Morgan fingerprint density at radius 1 is 1.47 bits per heavy atom. The second-order valence-corrected chi connectivity index (χ2v) is 4.88. The molecule has 0 aliphatic carbocycles. The van der Waals surface area contributed by atoms with Crippen LogP contribution in [0.2, 0.25) is 0 Å². The van der Waals surface area contributed by atoms with Gasteiger partial charge in [-0.15, -0.1) is 0 Å². The van der Waals surface area contributed by atoms with Crippen LogP contribution in [-0.4, -0.2) is 18.0 Å². The molecule has 7 heteroatoms. The number of benzene rings is 1. The van der Waals surface area contributed by atoms with Crippen molar-refractivity contribution in [1.82, 2.24) is 5.32 Å².